The van der Waals surface area contributed by atoms with Gasteiger partial charge in [-0.3, -0.25) is 4.99 Å². The van der Waals surface area contributed by atoms with E-state index in [1.807, 2.05) is 32.0 Å². The molecule has 0 radical (unpaired) electrons. The predicted octanol–water partition coefficient (Wildman–Crippen LogP) is 5.17. The van der Waals surface area contributed by atoms with Gasteiger partial charge in [-0.25, -0.2) is 14.8 Å². The zero-order chi connectivity index (χ0) is 21.4. The molecule has 1 aromatic heterocycles. The maximum atomic E-state index is 12.5. The van der Waals surface area contributed by atoms with Gasteiger partial charge in [0.05, 0.1) is 23.0 Å². The second-order valence-corrected chi connectivity index (χ2v) is 9.94. The maximum absolute atomic E-state index is 12.5. The third-order valence-electron chi connectivity index (χ3n) is 6.95. The Hall–Kier alpha value is -2.76. The fourth-order valence-corrected chi connectivity index (χ4v) is 6.22. The van der Waals surface area contributed by atoms with Crippen molar-refractivity contribution in [3.05, 3.63) is 48.0 Å². The first-order valence-corrected chi connectivity index (χ1v) is 11.4. The summed E-state index contributed by atoms with van der Waals surface area (Å²) in [4.78, 5) is 25.3. The summed E-state index contributed by atoms with van der Waals surface area (Å²) in [6.45, 7) is 3.71. The number of rotatable bonds is 6. The first kappa shape index (κ1) is 20.2. The number of hydrogen-bond donors (Lipinski definition) is 1. The zero-order valence-corrected chi connectivity index (χ0v) is 18.3. The molecule has 0 atom stereocenters. The number of carbonyl (C=O) groups excluding carboxylic acids is 1. The summed E-state index contributed by atoms with van der Waals surface area (Å²) in [6, 6.07) is 5.66. The van der Waals surface area contributed by atoms with Crippen molar-refractivity contribution in [3.8, 4) is 0 Å². The number of nitrogens with one attached hydrogen (secondary N) is 1. The van der Waals surface area contributed by atoms with E-state index in [-0.39, 0.29) is 17.6 Å². The second-order valence-electron chi connectivity index (χ2n) is 9.94. The van der Waals surface area contributed by atoms with E-state index in [4.69, 9.17) is 9.73 Å². The highest BCUT2D eigenvalue weighted by Crippen LogP contribution is 2.57. The lowest BCUT2D eigenvalue weighted by atomic mass is 9.53. The van der Waals surface area contributed by atoms with Crippen LogP contribution in [-0.2, 0) is 4.74 Å². The van der Waals surface area contributed by atoms with Gasteiger partial charge >= 0.3 is 5.97 Å². The van der Waals surface area contributed by atoms with E-state index in [0.717, 1.165) is 34.7 Å². The second kappa shape index (κ2) is 8.06. The van der Waals surface area contributed by atoms with Crippen molar-refractivity contribution < 1.29 is 9.53 Å². The van der Waals surface area contributed by atoms with Gasteiger partial charge in [-0.15, -0.1) is 0 Å². The summed E-state index contributed by atoms with van der Waals surface area (Å²) in [6.07, 6.45) is 14.5. The van der Waals surface area contributed by atoms with Gasteiger partial charge in [0, 0.05) is 29.7 Å². The Morgan fingerprint density at radius 1 is 1.13 bits per heavy atom. The van der Waals surface area contributed by atoms with Gasteiger partial charge in [-0.1, -0.05) is 0 Å². The third-order valence-corrected chi connectivity index (χ3v) is 6.95. The number of aliphatic imine (C=N–C) groups is 1. The molecule has 1 N–H and O–H groups in total. The lowest BCUT2D eigenvalue weighted by Gasteiger charge is -2.57. The molecular weight excluding hydrogens is 388 g/mol. The van der Waals surface area contributed by atoms with E-state index >= 15 is 0 Å². The zero-order valence-electron chi connectivity index (χ0n) is 18.3. The molecule has 162 valence electrons. The van der Waals surface area contributed by atoms with Gasteiger partial charge in [-0.05, 0) is 88.3 Å². The Labute approximate surface area is 183 Å². The van der Waals surface area contributed by atoms with Gasteiger partial charge < -0.3 is 10.1 Å². The molecule has 0 spiro atoms. The SMILES string of the molecule is CC(C)OC(=O)c1ccc(NC23CC4CC(CC(C4)C2)C3)c(/N=C\c2cncnc2)c1. The summed E-state index contributed by atoms with van der Waals surface area (Å²) in [5.41, 5.74) is 3.23. The lowest BCUT2D eigenvalue weighted by Crippen LogP contribution is -2.54. The summed E-state index contributed by atoms with van der Waals surface area (Å²) in [5, 5.41) is 3.90. The molecule has 1 aromatic carbocycles. The Balaban J connectivity index is 1.45. The predicted molar refractivity (Wildman–Crippen MR) is 121 cm³/mol. The third kappa shape index (κ3) is 4.34. The number of ether oxygens (including phenoxy) is 1. The Bertz CT molecular complexity index is 951. The number of aromatic nitrogens is 2. The van der Waals surface area contributed by atoms with Crippen molar-refractivity contribution in [1.82, 2.24) is 9.97 Å². The van der Waals surface area contributed by atoms with E-state index in [2.05, 4.69) is 15.3 Å². The average Bonchev–Trinajstić information content (AvgIpc) is 2.72. The summed E-state index contributed by atoms with van der Waals surface area (Å²) >= 11 is 0. The van der Waals surface area contributed by atoms with Gasteiger partial charge in [-0.2, -0.15) is 0 Å². The minimum atomic E-state index is -0.323. The highest BCUT2D eigenvalue weighted by atomic mass is 16.5. The topological polar surface area (TPSA) is 76.5 Å². The van der Waals surface area contributed by atoms with Crippen LogP contribution in [0.2, 0.25) is 0 Å². The van der Waals surface area contributed by atoms with Crippen molar-refractivity contribution >= 4 is 23.6 Å². The molecule has 0 unspecified atom stereocenters. The largest absolute Gasteiger partial charge is 0.459 e. The molecule has 0 saturated heterocycles. The smallest absolute Gasteiger partial charge is 0.338 e. The molecule has 6 heteroatoms. The molecule has 4 saturated carbocycles. The van der Waals surface area contributed by atoms with E-state index < -0.39 is 0 Å². The average molecular weight is 419 g/mol. The fraction of sp³-hybridized carbons (Fsp3) is 0.520. The quantitative estimate of drug-likeness (QED) is 0.517. The minimum Gasteiger partial charge on any atom is -0.459 e. The van der Waals surface area contributed by atoms with Crippen molar-refractivity contribution in [3.63, 3.8) is 0 Å². The molecule has 0 amide bonds. The molecule has 1 heterocycles. The van der Waals surface area contributed by atoms with Crippen LogP contribution in [0.15, 0.2) is 41.9 Å². The summed E-state index contributed by atoms with van der Waals surface area (Å²) in [5.74, 6) is 2.24. The van der Waals surface area contributed by atoms with Gasteiger partial charge in [0.2, 0.25) is 0 Å². The number of carbonyl (C=O) groups is 1. The van der Waals surface area contributed by atoms with Gasteiger partial charge in [0.25, 0.3) is 0 Å². The molecule has 4 aliphatic rings. The van der Waals surface area contributed by atoms with Crippen LogP contribution >= 0.6 is 0 Å². The van der Waals surface area contributed by atoms with Crippen LogP contribution in [0.1, 0.15) is 68.3 Å². The van der Waals surface area contributed by atoms with Crippen LogP contribution < -0.4 is 5.32 Å². The van der Waals surface area contributed by atoms with Gasteiger partial charge in [0.15, 0.2) is 0 Å². The van der Waals surface area contributed by atoms with Crippen LogP contribution in [0.25, 0.3) is 0 Å². The van der Waals surface area contributed by atoms with Gasteiger partial charge in [0.1, 0.15) is 6.33 Å². The summed E-state index contributed by atoms with van der Waals surface area (Å²) in [7, 11) is 0. The van der Waals surface area contributed by atoms with Crippen molar-refractivity contribution in [2.45, 2.75) is 64.0 Å². The van der Waals surface area contributed by atoms with Crippen LogP contribution in [0.5, 0.6) is 0 Å². The molecule has 6 rings (SSSR count). The van der Waals surface area contributed by atoms with E-state index in [0.29, 0.717) is 5.56 Å². The molecule has 31 heavy (non-hydrogen) atoms. The van der Waals surface area contributed by atoms with Crippen molar-refractivity contribution in [1.29, 1.82) is 0 Å². The monoisotopic (exact) mass is 418 g/mol. The van der Waals surface area contributed by atoms with Crippen molar-refractivity contribution in [2.75, 3.05) is 5.32 Å². The van der Waals surface area contributed by atoms with E-state index in [1.54, 1.807) is 18.6 Å². The summed E-state index contributed by atoms with van der Waals surface area (Å²) < 4.78 is 5.40. The Morgan fingerprint density at radius 3 is 2.39 bits per heavy atom. The van der Waals surface area contributed by atoms with Crippen molar-refractivity contribution in [2.24, 2.45) is 22.7 Å². The molecular formula is C25H30N4O2. The highest BCUT2D eigenvalue weighted by Gasteiger charge is 2.51. The molecule has 6 nitrogen and oxygen atoms in total. The van der Waals surface area contributed by atoms with Crippen LogP contribution in [0.4, 0.5) is 11.4 Å². The highest BCUT2D eigenvalue weighted by molar-refractivity contribution is 5.93. The first-order valence-electron chi connectivity index (χ1n) is 11.4. The fourth-order valence-electron chi connectivity index (χ4n) is 6.22. The molecule has 0 aliphatic heterocycles. The Kier molecular flexibility index (Phi) is 5.24. The minimum absolute atomic E-state index is 0.161. The molecule has 2 aromatic rings. The van der Waals surface area contributed by atoms with Crippen LogP contribution in [-0.4, -0.2) is 33.8 Å². The number of nitrogens with zero attached hydrogens (tertiary/aromatic N) is 3. The molecule has 4 aliphatic carbocycles. The molecule has 4 fully saturated rings. The van der Waals surface area contributed by atoms with Crippen LogP contribution in [0, 0.1) is 17.8 Å². The lowest BCUT2D eigenvalue weighted by molar-refractivity contribution is 0.0107. The number of anilines is 1. The molecule has 4 bridgehead atoms. The Morgan fingerprint density at radius 2 is 1.77 bits per heavy atom. The normalized spacial score (nSPS) is 28.9. The number of esters is 1. The number of benzene rings is 1. The maximum Gasteiger partial charge on any atom is 0.338 e. The van der Waals surface area contributed by atoms with Crippen LogP contribution in [0.3, 0.4) is 0 Å². The van der Waals surface area contributed by atoms with E-state index in [9.17, 15) is 4.79 Å². The standard InChI is InChI=1S/C25H30N4O2/c1-16(2)31-24(30)21-3-4-22(23(8-21)28-14-20-12-26-15-27-13-20)29-25-9-17-5-18(10-25)7-19(6-17)11-25/h3-4,8,12-19,29H,5-7,9-11H2,1-2H3/b28-14-. The van der Waals surface area contributed by atoms with E-state index in [1.165, 1.54) is 44.9 Å². The first-order chi connectivity index (χ1) is 15.0. The number of hydrogen-bond acceptors (Lipinski definition) is 6.